The summed E-state index contributed by atoms with van der Waals surface area (Å²) in [6, 6.07) is 10.3. The van der Waals surface area contributed by atoms with E-state index >= 15 is 0 Å². The minimum atomic E-state index is -3.69. The van der Waals surface area contributed by atoms with Gasteiger partial charge in [-0.3, -0.25) is 9.97 Å². The fourth-order valence-electron chi connectivity index (χ4n) is 2.62. The first-order valence-corrected chi connectivity index (χ1v) is 9.34. The Bertz CT molecular complexity index is 975. The highest BCUT2D eigenvalue weighted by molar-refractivity contribution is 7.89. The predicted molar refractivity (Wildman–Crippen MR) is 95.8 cm³/mol. The molecule has 0 aliphatic heterocycles. The molecule has 130 valence electrons. The monoisotopic (exact) mass is 357 g/mol. The van der Waals surface area contributed by atoms with E-state index in [0.29, 0.717) is 23.3 Å². The molecule has 25 heavy (non-hydrogen) atoms. The molecule has 0 aliphatic rings. The van der Waals surface area contributed by atoms with E-state index in [-0.39, 0.29) is 11.4 Å². The fourth-order valence-corrected chi connectivity index (χ4v) is 3.96. The molecular formula is C18H19N3O3S. The van der Waals surface area contributed by atoms with Gasteiger partial charge in [-0.1, -0.05) is 6.07 Å². The van der Waals surface area contributed by atoms with Gasteiger partial charge in [0.1, 0.15) is 11.3 Å². The van der Waals surface area contributed by atoms with E-state index in [0.717, 1.165) is 5.56 Å². The van der Waals surface area contributed by atoms with Gasteiger partial charge >= 0.3 is 0 Å². The summed E-state index contributed by atoms with van der Waals surface area (Å²) in [5.74, 6) is 0.576. The number of benzene rings is 1. The maximum atomic E-state index is 13.1. The molecule has 3 aromatic rings. The Morgan fingerprint density at radius 1 is 1.12 bits per heavy atom. The molecule has 0 unspecified atom stereocenters. The van der Waals surface area contributed by atoms with E-state index in [1.807, 2.05) is 13.0 Å². The molecule has 7 heteroatoms. The molecule has 0 atom stereocenters. The molecular weight excluding hydrogens is 338 g/mol. The second-order valence-corrected chi connectivity index (χ2v) is 7.53. The lowest BCUT2D eigenvalue weighted by atomic mass is 10.2. The molecule has 6 nitrogen and oxygen atoms in total. The van der Waals surface area contributed by atoms with Crippen LogP contribution in [0.25, 0.3) is 10.9 Å². The number of nitrogens with zero attached hydrogens (tertiary/aromatic N) is 3. The van der Waals surface area contributed by atoms with Crippen LogP contribution < -0.4 is 4.74 Å². The van der Waals surface area contributed by atoms with E-state index in [4.69, 9.17) is 4.74 Å². The third-order valence-electron chi connectivity index (χ3n) is 3.81. The van der Waals surface area contributed by atoms with E-state index < -0.39 is 10.0 Å². The zero-order valence-corrected chi connectivity index (χ0v) is 14.9. The molecule has 0 radical (unpaired) electrons. The normalized spacial score (nSPS) is 11.8. The van der Waals surface area contributed by atoms with Crippen molar-refractivity contribution in [1.82, 2.24) is 14.3 Å². The number of sulfonamides is 1. The maximum absolute atomic E-state index is 13.1. The number of aromatic nitrogens is 2. The van der Waals surface area contributed by atoms with Crippen molar-refractivity contribution in [3.63, 3.8) is 0 Å². The third kappa shape index (κ3) is 3.47. The Balaban J connectivity index is 2.04. The van der Waals surface area contributed by atoms with Crippen molar-refractivity contribution < 1.29 is 13.2 Å². The highest BCUT2D eigenvalue weighted by Crippen LogP contribution is 2.31. The van der Waals surface area contributed by atoms with Crippen LogP contribution in [0.5, 0.6) is 5.75 Å². The number of rotatable bonds is 6. The summed E-state index contributed by atoms with van der Waals surface area (Å²) in [7, 11) is -2.13. The van der Waals surface area contributed by atoms with Crippen LogP contribution in [0.2, 0.25) is 0 Å². The van der Waals surface area contributed by atoms with E-state index in [2.05, 4.69) is 9.97 Å². The van der Waals surface area contributed by atoms with Crippen molar-refractivity contribution in [1.29, 1.82) is 0 Å². The summed E-state index contributed by atoms with van der Waals surface area (Å²) < 4.78 is 33.0. The summed E-state index contributed by atoms with van der Waals surface area (Å²) in [6.07, 6.45) is 4.94. The largest absolute Gasteiger partial charge is 0.492 e. The van der Waals surface area contributed by atoms with Crippen LogP contribution in [-0.4, -0.2) is 36.3 Å². The average Bonchev–Trinajstić information content (AvgIpc) is 2.63. The lowest BCUT2D eigenvalue weighted by Gasteiger charge is -2.19. The molecule has 0 saturated carbocycles. The first-order valence-electron chi connectivity index (χ1n) is 7.90. The molecule has 0 aliphatic carbocycles. The number of pyridine rings is 2. The van der Waals surface area contributed by atoms with Crippen LogP contribution in [0.3, 0.4) is 0 Å². The third-order valence-corrected chi connectivity index (χ3v) is 5.67. The SMILES string of the molecule is CCOc1ccc(S(=O)(=O)N(C)Cc2cccnc2)c2cccnc12. The quantitative estimate of drug-likeness (QED) is 0.678. The van der Waals surface area contributed by atoms with Gasteiger partial charge in [-0.2, -0.15) is 4.31 Å². The van der Waals surface area contributed by atoms with Crippen LogP contribution in [0.4, 0.5) is 0 Å². The molecule has 3 rings (SSSR count). The zero-order chi connectivity index (χ0) is 17.9. The molecule has 2 aromatic heterocycles. The summed E-state index contributed by atoms with van der Waals surface area (Å²) in [5, 5.41) is 0.548. The predicted octanol–water partition coefficient (Wildman–Crippen LogP) is 2.85. The van der Waals surface area contributed by atoms with Crippen molar-refractivity contribution in [2.75, 3.05) is 13.7 Å². The van der Waals surface area contributed by atoms with Gasteiger partial charge in [0, 0.05) is 37.6 Å². The Morgan fingerprint density at radius 2 is 1.92 bits per heavy atom. The minimum Gasteiger partial charge on any atom is -0.492 e. The average molecular weight is 357 g/mol. The van der Waals surface area contributed by atoms with E-state index in [9.17, 15) is 8.42 Å². The summed E-state index contributed by atoms with van der Waals surface area (Å²) >= 11 is 0. The van der Waals surface area contributed by atoms with Crippen LogP contribution in [-0.2, 0) is 16.6 Å². The van der Waals surface area contributed by atoms with Crippen molar-refractivity contribution in [2.24, 2.45) is 0 Å². The van der Waals surface area contributed by atoms with Crippen LogP contribution >= 0.6 is 0 Å². The Morgan fingerprint density at radius 3 is 2.64 bits per heavy atom. The smallest absolute Gasteiger partial charge is 0.243 e. The van der Waals surface area contributed by atoms with Gasteiger partial charge in [0.05, 0.1) is 11.5 Å². The van der Waals surface area contributed by atoms with Crippen LogP contribution in [0.1, 0.15) is 12.5 Å². The lowest BCUT2D eigenvalue weighted by molar-refractivity contribution is 0.343. The van der Waals surface area contributed by atoms with Gasteiger partial charge in [-0.05, 0) is 42.8 Å². The number of ether oxygens (including phenoxy) is 1. The highest BCUT2D eigenvalue weighted by atomic mass is 32.2. The van der Waals surface area contributed by atoms with Gasteiger partial charge in [0.25, 0.3) is 0 Å². The van der Waals surface area contributed by atoms with Crippen LogP contribution in [0.15, 0.2) is 59.9 Å². The van der Waals surface area contributed by atoms with Gasteiger partial charge in [0.15, 0.2) is 0 Å². The zero-order valence-electron chi connectivity index (χ0n) is 14.1. The van der Waals surface area contributed by atoms with Crippen molar-refractivity contribution in [3.8, 4) is 5.75 Å². The van der Waals surface area contributed by atoms with E-state index in [1.165, 1.54) is 4.31 Å². The van der Waals surface area contributed by atoms with Crippen molar-refractivity contribution in [2.45, 2.75) is 18.4 Å². The van der Waals surface area contributed by atoms with Gasteiger partial charge in [-0.15, -0.1) is 0 Å². The molecule has 0 spiro atoms. The topological polar surface area (TPSA) is 72.4 Å². The Kier molecular flexibility index (Phi) is 4.96. The molecule has 1 aromatic carbocycles. The maximum Gasteiger partial charge on any atom is 0.243 e. The second-order valence-electron chi connectivity index (χ2n) is 5.52. The second kappa shape index (κ2) is 7.16. The Labute approximate surface area is 147 Å². The standard InChI is InChI=1S/C18H19N3O3S/c1-3-24-16-8-9-17(15-7-5-11-20-18(15)16)25(22,23)21(2)13-14-6-4-10-19-12-14/h4-12H,3,13H2,1-2H3. The molecule has 0 fully saturated rings. The number of fused-ring (bicyclic) bond motifs is 1. The molecule has 0 N–H and O–H groups in total. The van der Waals surface area contributed by atoms with Crippen LogP contribution in [0, 0.1) is 0 Å². The van der Waals surface area contributed by atoms with E-state index in [1.54, 1.807) is 56.0 Å². The Hall–Kier alpha value is -2.51. The molecule has 2 heterocycles. The van der Waals surface area contributed by atoms with Crippen molar-refractivity contribution in [3.05, 3.63) is 60.6 Å². The molecule has 0 amide bonds. The van der Waals surface area contributed by atoms with Gasteiger partial charge in [-0.25, -0.2) is 8.42 Å². The van der Waals surface area contributed by atoms with Gasteiger partial charge in [0.2, 0.25) is 10.0 Å². The first kappa shape index (κ1) is 17.3. The lowest BCUT2D eigenvalue weighted by Crippen LogP contribution is -2.26. The van der Waals surface area contributed by atoms with Crippen molar-refractivity contribution >= 4 is 20.9 Å². The summed E-state index contributed by atoms with van der Waals surface area (Å²) in [5.41, 5.74) is 1.36. The highest BCUT2D eigenvalue weighted by Gasteiger charge is 2.24. The molecule has 0 bridgehead atoms. The summed E-state index contributed by atoms with van der Waals surface area (Å²) in [4.78, 5) is 8.54. The summed E-state index contributed by atoms with van der Waals surface area (Å²) in [6.45, 7) is 2.60. The fraction of sp³-hybridized carbons (Fsp3) is 0.222. The van der Waals surface area contributed by atoms with Gasteiger partial charge < -0.3 is 4.74 Å². The first-order chi connectivity index (χ1) is 12.0. The number of hydrogen-bond donors (Lipinski definition) is 0. The number of hydrogen-bond acceptors (Lipinski definition) is 5. The molecule has 0 saturated heterocycles. The minimum absolute atomic E-state index is 0.213.